The Balaban J connectivity index is 1.75. The monoisotopic (exact) mass is 364 g/mol. The van der Waals surface area contributed by atoms with Gasteiger partial charge in [0.15, 0.2) is 5.65 Å². The van der Waals surface area contributed by atoms with E-state index >= 15 is 0 Å². The Labute approximate surface area is 155 Å². The fourth-order valence-electron chi connectivity index (χ4n) is 2.83. The van der Waals surface area contributed by atoms with Crippen LogP contribution in [0.15, 0.2) is 65.8 Å². The second-order valence-electron chi connectivity index (χ2n) is 6.06. The molecule has 130 valence electrons. The number of fused-ring (bicyclic) bond motifs is 1. The van der Waals surface area contributed by atoms with Crippen LogP contribution in [0.1, 0.15) is 0 Å². The molecule has 0 radical (unpaired) electrons. The third kappa shape index (κ3) is 3.21. The molecular formula is C20H17FN4S. The standard InChI is InChI=1S/C20H17FN4S/c1-25(2)26-19-6-4-3-5-14(19)13-7-8-15(16(21)11-13)18-12-23-20-17(24-18)9-10-22-20/h3-12H,1-2H3,(H,22,23). The van der Waals surface area contributed by atoms with E-state index in [1.807, 2.05) is 54.8 Å². The molecule has 0 aliphatic heterocycles. The lowest BCUT2D eigenvalue weighted by atomic mass is 10.0. The third-order valence-electron chi connectivity index (χ3n) is 3.98. The third-order valence-corrected chi connectivity index (χ3v) is 4.90. The Kier molecular flexibility index (Phi) is 4.44. The zero-order valence-electron chi connectivity index (χ0n) is 14.4. The highest BCUT2D eigenvalue weighted by atomic mass is 32.2. The zero-order chi connectivity index (χ0) is 18.1. The number of halogens is 1. The van der Waals surface area contributed by atoms with Gasteiger partial charge in [-0.1, -0.05) is 24.3 Å². The number of aromatic nitrogens is 3. The predicted molar refractivity (Wildman–Crippen MR) is 104 cm³/mol. The zero-order valence-corrected chi connectivity index (χ0v) is 15.2. The Morgan fingerprint density at radius 1 is 1.04 bits per heavy atom. The summed E-state index contributed by atoms with van der Waals surface area (Å²) in [5.41, 5.74) is 4.23. The minimum atomic E-state index is -0.309. The van der Waals surface area contributed by atoms with Gasteiger partial charge in [-0.25, -0.2) is 14.4 Å². The molecule has 26 heavy (non-hydrogen) atoms. The van der Waals surface area contributed by atoms with Gasteiger partial charge in [-0.2, -0.15) is 0 Å². The lowest BCUT2D eigenvalue weighted by Gasteiger charge is -2.14. The van der Waals surface area contributed by atoms with E-state index in [1.54, 1.807) is 36.5 Å². The molecule has 4 aromatic rings. The van der Waals surface area contributed by atoms with Crippen molar-refractivity contribution in [2.24, 2.45) is 0 Å². The highest BCUT2D eigenvalue weighted by Crippen LogP contribution is 2.34. The molecule has 0 saturated heterocycles. The van der Waals surface area contributed by atoms with Crippen molar-refractivity contribution in [1.82, 2.24) is 19.3 Å². The first-order valence-corrected chi connectivity index (χ1v) is 8.94. The fourth-order valence-corrected chi connectivity index (χ4v) is 3.65. The Hall–Kier alpha value is -2.70. The van der Waals surface area contributed by atoms with E-state index in [2.05, 4.69) is 15.0 Å². The van der Waals surface area contributed by atoms with Crippen LogP contribution in [0.25, 0.3) is 33.5 Å². The summed E-state index contributed by atoms with van der Waals surface area (Å²) >= 11 is 1.61. The molecular weight excluding hydrogens is 347 g/mol. The average molecular weight is 364 g/mol. The van der Waals surface area contributed by atoms with Gasteiger partial charge in [0.25, 0.3) is 0 Å². The van der Waals surface area contributed by atoms with Crippen LogP contribution in [0, 0.1) is 5.82 Å². The average Bonchev–Trinajstić information content (AvgIpc) is 3.09. The number of hydrogen-bond acceptors (Lipinski definition) is 4. The number of nitrogens with one attached hydrogen (secondary N) is 1. The molecule has 0 spiro atoms. The fraction of sp³-hybridized carbons (Fsp3) is 0.100. The highest BCUT2D eigenvalue weighted by Gasteiger charge is 2.12. The number of nitrogens with zero attached hydrogens (tertiary/aromatic N) is 3. The first-order valence-electron chi connectivity index (χ1n) is 8.16. The molecule has 2 aromatic heterocycles. The first-order chi connectivity index (χ1) is 12.6. The maximum atomic E-state index is 14.8. The highest BCUT2D eigenvalue weighted by molar-refractivity contribution is 7.97. The molecule has 0 bridgehead atoms. The predicted octanol–water partition coefficient (Wildman–Crippen LogP) is 5.00. The summed E-state index contributed by atoms with van der Waals surface area (Å²) in [5, 5.41) is 0. The Morgan fingerprint density at radius 3 is 2.69 bits per heavy atom. The van der Waals surface area contributed by atoms with Crippen molar-refractivity contribution < 1.29 is 4.39 Å². The number of H-pyrrole nitrogens is 1. The molecule has 4 nitrogen and oxygen atoms in total. The molecule has 0 aliphatic rings. The summed E-state index contributed by atoms with van der Waals surface area (Å²) in [7, 11) is 3.97. The minimum absolute atomic E-state index is 0.309. The van der Waals surface area contributed by atoms with Crippen molar-refractivity contribution in [2.45, 2.75) is 4.90 Å². The van der Waals surface area contributed by atoms with Gasteiger partial charge in [0.05, 0.1) is 11.9 Å². The van der Waals surface area contributed by atoms with Gasteiger partial charge in [-0.05, 0) is 61.4 Å². The summed E-state index contributed by atoms with van der Waals surface area (Å²) in [4.78, 5) is 12.8. The van der Waals surface area contributed by atoms with Crippen molar-refractivity contribution in [1.29, 1.82) is 0 Å². The van der Waals surface area contributed by atoms with E-state index < -0.39 is 0 Å². The Morgan fingerprint density at radius 2 is 1.88 bits per heavy atom. The molecule has 4 rings (SSSR count). The number of benzene rings is 2. The van der Waals surface area contributed by atoms with Crippen LogP contribution in [0.5, 0.6) is 0 Å². The maximum absolute atomic E-state index is 14.8. The van der Waals surface area contributed by atoms with E-state index in [0.717, 1.165) is 21.5 Å². The normalized spacial score (nSPS) is 11.4. The molecule has 0 aliphatic carbocycles. The Bertz CT molecular complexity index is 1070. The SMILES string of the molecule is CN(C)Sc1ccccc1-c1ccc(-c2cnc3[nH]ccc3n2)c(F)c1. The van der Waals surface area contributed by atoms with E-state index in [4.69, 9.17) is 0 Å². The number of aromatic amines is 1. The summed E-state index contributed by atoms with van der Waals surface area (Å²) in [5.74, 6) is -0.309. The van der Waals surface area contributed by atoms with Gasteiger partial charge in [0, 0.05) is 16.7 Å². The topological polar surface area (TPSA) is 44.8 Å². The van der Waals surface area contributed by atoms with Crippen LogP contribution in [0.4, 0.5) is 4.39 Å². The van der Waals surface area contributed by atoms with Crippen LogP contribution >= 0.6 is 11.9 Å². The van der Waals surface area contributed by atoms with Gasteiger partial charge in [-0.3, -0.25) is 4.31 Å². The summed E-state index contributed by atoms with van der Waals surface area (Å²) in [6, 6.07) is 15.1. The summed E-state index contributed by atoms with van der Waals surface area (Å²) in [6.45, 7) is 0. The molecule has 1 N–H and O–H groups in total. The van der Waals surface area contributed by atoms with Crippen molar-refractivity contribution >= 4 is 23.1 Å². The van der Waals surface area contributed by atoms with E-state index in [0.29, 0.717) is 16.9 Å². The molecule has 0 saturated carbocycles. The van der Waals surface area contributed by atoms with Crippen molar-refractivity contribution in [3.05, 3.63) is 66.7 Å². The lowest BCUT2D eigenvalue weighted by Crippen LogP contribution is -1.99. The smallest absolute Gasteiger partial charge is 0.156 e. The molecule has 0 amide bonds. The summed E-state index contributed by atoms with van der Waals surface area (Å²) in [6.07, 6.45) is 3.36. The van der Waals surface area contributed by atoms with Gasteiger partial charge < -0.3 is 4.98 Å². The van der Waals surface area contributed by atoms with Crippen molar-refractivity contribution in [3.63, 3.8) is 0 Å². The van der Waals surface area contributed by atoms with Gasteiger partial charge in [-0.15, -0.1) is 0 Å². The van der Waals surface area contributed by atoms with Crippen LogP contribution in [-0.2, 0) is 0 Å². The number of hydrogen-bond donors (Lipinski definition) is 1. The van der Waals surface area contributed by atoms with Crippen LogP contribution < -0.4 is 0 Å². The minimum Gasteiger partial charge on any atom is -0.345 e. The summed E-state index contributed by atoms with van der Waals surface area (Å²) < 4.78 is 16.9. The van der Waals surface area contributed by atoms with Crippen LogP contribution in [0.2, 0.25) is 0 Å². The lowest BCUT2D eigenvalue weighted by molar-refractivity contribution is 0.631. The van der Waals surface area contributed by atoms with Gasteiger partial charge >= 0.3 is 0 Å². The quantitative estimate of drug-likeness (QED) is 0.518. The molecule has 2 heterocycles. The van der Waals surface area contributed by atoms with Crippen molar-refractivity contribution in [2.75, 3.05) is 14.1 Å². The van der Waals surface area contributed by atoms with Gasteiger partial charge in [0.1, 0.15) is 11.3 Å². The molecule has 0 fully saturated rings. The van der Waals surface area contributed by atoms with E-state index in [9.17, 15) is 4.39 Å². The van der Waals surface area contributed by atoms with E-state index in [1.165, 1.54) is 0 Å². The molecule has 6 heteroatoms. The molecule has 0 unspecified atom stereocenters. The van der Waals surface area contributed by atoms with Crippen LogP contribution in [-0.4, -0.2) is 33.4 Å². The molecule has 0 atom stereocenters. The number of rotatable bonds is 4. The molecule has 2 aromatic carbocycles. The van der Waals surface area contributed by atoms with Crippen molar-refractivity contribution in [3.8, 4) is 22.4 Å². The van der Waals surface area contributed by atoms with Gasteiger partial charge in [0.2, 0.25) is 0 Å². The second-order valence-corrected chi connectivity index (χ2v) is 7.41. The van der Waals surface area contributed by atoms with Crippen LogP contribution in [0.3, 0.4) is 0 Å². The largest absolute Gasteiger partial charge is 0.345 e. The van der Waals surface area contributed by atoms with E-state index in [-0.39, 0.29) is 5.82 Å². The second kappa shape index (κ2) is 6.90. The maximum Gasteiger partial charge on any atom is 0.156 e. The first kappa shape index (κ1) is 16.8.